The predicted molar refractivity (Wildman–Crippen MR) is 59.7 cm³/mol. The monoisotopic (exact) mass is 214 g/mol. The maximum absolute atomic E-state index is 11.6. The SMILES string of the molecule is CC(C)C(C)NC(=O)CN1CCOCC1. The summed E-state index contributed by atoms with van der Waals surface area (Å²) in [6.07, 6.45) is 0. The highest BCUT2D eigenvalue weighted by atomic mass is 16.5. The number of carbonyl (C=O) groups excluding carboxylic acids is 1. The molecule has 1 heterocycles. The standard InChI is InChI=1S/C11H22N2O2/c1-9(2)10(3)12-11(14)8-13-4-6-15-7-5-13/h9-10H,4-8H2,1-3H3,(H,12,14). The van der Waals surface area contributed by atoms with Crippen molar-refractivity contribution in [2.45, 2.75) is 26.8 Å². The first-order valence-corrected chi connectivity index (χ1v) is 5.69. The maximum atomic E-state index is 11.6. The van der Waals surface area contributed by atoms with E-state index in [9.17, 15) is 4.79 Å². The highest BCUT2D eigenvalue weighted by molar-refractivity contribution is 5.78. The fourth-order valence-electron chi connectivity index (χ4n) is 1.43. The second-order valence-electron chi connectivity index (χ2n) is 4.49. The van der Waals surface area contributed by atoms with Crippen molar-refractivity contribution in [2.24, 2.45) is 5.92 Å². The van der Waals surface area contributed by atoms with Crippen LogP contribution in [0.4, 0.5) is 0 Å². The number of morpholine rings is 1. The summed E-state index contributed by atoms with van der Waals surface area (Å²) in [7, 11) is 0. The van der Waals surface area contributed by atoms with Crippen molar-refractivity contribution in [1.82, 2.24) is 10.2 Å². The lowest BCUT2D eigenvalue weighted by atomic mass is 10.1. The number of amides is 1. The highest BCUT2D eigenvalue weighted by Gasteiger charge is 2.16. The van der Waals surface area contributed by atoms with E-state index in [1.165, 1.54) is 0 Å². The molecule has 0 spiro atoms. The van der Waals surface area contributed by atoms with Crippen LogP contribution in [0.15, 0.2) is 0 Å². The minimum absolute atomic E-state index is 0.123. The summed E-state index contributed by atoms with van der Waals surface area (Å²) >= 11 is 0. The van der Waals surface area contributed by atoms with Gasteiger partial charge in [-0.3, -0.25) is 9.69 Å². The van der Waals surface area contributed by atoms with Crippen molar-refractivity contribution in [1.29, 1.82) is 0 Å². The number of rotatable bonds is 4. The van der Waals surface area contributed by atoms with Gasteiger partial charge >= 0.3 is 0 Å². The van der Waals surface area contributed by atoms with Gasteiger partial charge in [-0.05, 0) is 12.8 Å². The third-order valence-electron chi connectivity index (χ3n) is 2.86. The summed E-state index contributed by atoms with van der Waals surface area (Å²) in [5.74, 6) is 0.608. The Bertz CT molecular complexity index is 201. The Balaban J connectivity index is 2.22. The van der Waals surface area contributed by atoms with Crippen molar-refractivity contribution in [3.63, 3.8) is 0 Å². The number of hydrogen-bond donors (Lipinski definition) is 1. The molecule has 0 saturated carbocycles. The van der Waals surface area contributed by atoms with Crippen molar-refractivity contribution >= 4 is 5.91 Å². The molecule has 1 aliphatic heterocycles. The molecule has 1 fully saturated rings. The zero-order chi connectivity index (χ0) is 11.3. The van der Waals surface area contributed by atoms with Gasteiger partial charge in [0.25, 0.3) is 0 Å². The first-order valence-electron chi connectivity index (χ1n) is 5.69. The van der Waals surface area contributed by atoms with Crippen LogP contribution in [0.2, 0.25) is 0 Å². The van der Waals surface area contributed by atoms with Crippen LogP contribution in [-0.4, -0.2) is 49.7 Å². The van der Waals surface area contributed by atoms with Gasteiger partial charge in [0.1, 0.15) is 0 Å². The molecule has 1 atom stereocenters. The fourth-order valence-corrected chi connectivity index (χ4v) is 1.43. The van der Waals surface area contributed by atoms with Gasteiger partial charge in [0.2, 0.25) is 5.91 Å². The van der Waals surface area contributed by atoms with Gasteiger partial charge in [-0.2, -0.15) is 0 Å². The zero-order valence-corrected chi connectivity index (χ0v) is 9.95. The second kappa shape index (κ2) is 6.08. The third kappa shape index (κ3) is 4.62. The molecule has 1 amide bonds. The quantitative estimate of drug-likeness (QED) is 0.740. The molecular weight excluding hydrogens is 192 g/mol. The average Bonchev–Trinajstić information content (AvgIpc) is 2.18. The normalized spacial score (nSPS) is 20.3. The van der Waals surface area contributed by atoms with E-state index in [1.54, 1.807) is 0 Å². The van der Waals surface area contributed by atoms with Gasteiger partial charge in [0.15, 0.2) is 0 Å². The van der Waals surface area contributed by atoms with E-state index in [2.05, 4.69) is 24.1 Å². The Labute approximate surface area is 92.0 Å². The summed E-state index contributed by atoms with van der Waals surface area (Å²) in [6, 6.07) is 0.249. The summed E-state index contributed by atoms with van der Waals surface area (Å²) in [5, 5.41) is 3.01. The molecule has 1 rings (SSSR count). The molecule has 1 unspecified atom stereocenters. The van der Waals surface area contributed by atoms with Crippen LogP contribution in [0.25, 0.3) is 0 Å². The maximum Gasteiger partial charge on any atom is 0.234 e. The molecule has 4 nitrogen and oxygen atoms in total. The summed E-state index contributed by atoms with van der Waals surface area (Å²) in [5.41, 5.74) is 0. The lowest BCUT2D eigenvalue weighted by molar-refractivity contribution is -0.124. The first-order chi connectivity index (χ1) is 7.09. The molecule has 1 N–H and O–H groups in total. The molecular formula is C11H22N2O2. The number of nitrogens with one attached hydrogen (secondary N) is 1. The minimum Gasteiger partial charge on any atom is -0.379 e. The Morgan fingerprint density at radius 3 is 2.47 bits per heavy atom. The van der Waals surface area contributed by atoms with Crippen LogP contribution in [0, 0.1) is 5.92 Å². The van der Waals surface area contributed by atoms with E-state index in [1.807, 2.05) is 6.92 Å². The van der Waals surface area contributed by atoms with E-state index in [0.29, 0.717) is 12.5 Å². The van der Waals surface area contributed by atoms with Crippen molar-refractivity contribution in [3.05, 3.63) is 0 Å². The summed E-state index contributed by atoms with van der Waals surface area (Å²) < 4.78 is 5.23. The van der Waals surface area contributed by atoms with Gasteiger partial charge in [-0.25, -0.2) is 0 Å². The lowest BCUT2D eigenvalue weighted by Gasteiger charge is -2.27. The molecule has 88 valence electrons. The van der Waals surface area contributed by atoms with E-state index in [-0.39, 0.29) is 11.9 Å². The van der Waals surface area contributed by atoms with Gasteiger partial charge in [0.05, 0.1) is 19.8 Å². The topological polar surface area (TPSA) is 41.6 Å². The molecule has 0 radical (unpaired) electrons. The third-order valence-corrected chi connectivity index (χ3v) is 2.86. The van der Waals surface area contributed by atoms with Gasteiger partial charge in [-0.1, -0.05) is 13.8 Å². The van der Waals surface area contributed by atoms with Crippen molar-refractivity contribution in [2.75, 3.05) is 32.8 Å². The van der Waals surface area contributed by atoms with Crippen LogP contribution >= 0.6 is 0 Å². The molecule has 4 heteroatoms. The number of hydrogen-bond acceptors (Lipinski definition) is 3. The number of ether oxygens (including phenoxy) is 1. The van der Waals surface area contributed by atoms with Crippen LogP contribution in [0.5, 0.6) is 0 Å². The lowest BCUT2D eigenvalue weighted by Crippen LogP contribution is -2.46. The Hall–Kier alpha value is -0.610. The van der Waals surface area contributed by atoms with Gasteiger partial charge in [0, 0.05) is 19.1 Å². The molecule has 1 aliphatic rings. The smallest absolute Gasteiger partial charge is 0.234 e. The number of carbonyl (C=O) groups is 1. The van der Waals surface area contributed by atoms with Crippen molar-refractivity contribution in [3.8, 4) is 0 Å². The molecule has 0 aromatic rings. The fraction of sp³-hybridized carbons (Fsp3) is 0.909. The largest absolute Gasteiger partial charge is 0.379 e. The first kappa shape index (κ1) is 12.5. The Kier molecular flexibility index (Phi) is 5.05. The van der Waals surface area contributed by atoms with Crippen LogP contribution in [-0.2, 0) is 9.53 Å². The van der Waals surface area contributed by atoms with Crippen molar-refractivity contribution < 1.29 is 9.53 Å². The van der Waals surface area contributed by atoms with E-state index in [0.717, 1.165) is 26.3 Å². The molecule has 15 heavy (non-hydrogen) atoms. The average molecular weight is 214 g/mol. The van der Waals surface area contributed by atoms with E-state index >= 15 is 0 Å². The molecule has 0 bridgehead atoms. The van der Waals surface area contributed by atoms with E-state index in [4.69, 9.17) is 4.74 Å². The Morgan fingerprint density at radius 2 is 1.93 bits per heavy atom. The van der Waals surface area contributed by atoms with Gasteiger partial charge < -0.3 is 10.1 Å². The van der Waals surface area contributed by atoms with Crippen LogP contribution in [0.3, 0.4) is 0 Å². The minimum atomic E-state index is 0.123. The highest BCUT2D eigenvalue weighted by Crippen LogP contribution is 2.00. The summed E-state index contributed by atoms with van der Waals surface area (Å²) in [4.78, 5) is 13.8. The molecule has 1 saturated heterocycles. The van der Waals surface area contributed by atoms with Crippen LogP contribution < -0.4 is 5.32 Å². The predicted octanol–water partition coefficient (Wildman–Crippen LogP) is 0.479. The Morgan fingerprint density at radius 1 is 1.33 bits per heavy atom. The molecule has 0 aromatic heterocycles. The second-order valence-corrected chi connectivity index (χ2v) is 4.49. The zero-order valence-electron chi connectivity index (χ0n) is 9.95. The van der Waals surface area contributed by atoms with Crippen LogP contribution in [0.1, 0.15) is 20.8 Å². The molecule has 0 aliphatic carbocycles. The number of nitrogens with zero attached hydrogens (tertiary/aromatic N) is 1. The summed E-state index contributed by atoms with van der Waals surface area (Å²) in [6.45, 7) is 9.98. The van der Waals surface area contributed by atoms with Gasteiger partial charge in [-0.15, -0.1) is 0 Å². The molecule has 0 aromatic carbocycles. The van der Waals surface area contributed by atoms with E-state index < -0.39 is 0 Å².